The highest BCUT2D eigenvalue weighted by Crippen LogP contribution is 2.68. The third-order valence-corrected chi connectivity index (χ3v) is 12.5. The van der Waals surface area contributed by atoms with Crippen LogP contribution in [0.2, 0.25) is 0 Å². The Hall–Kier alpha value is -1.90. The Morgan fingerprint density at radius 3 is 2.41 bits per heavy atom. The summed E-state index contributed by atoms with van der Waals surface area (Å²) >= 11 is 0. The van der Waals surface area contributed by atoms with Gasteiger partial charge in [0.15, 0.2) is 0 Å². The number of carbonyl (C=O) groups excluding carboxylic acids is 2. The zero-order valence-corrected chi connectivity index (χ0v) is 26.8. The summed E-state index contributed by atoms with van der Waals surface area (Å²) in [6.07, 6.45) is 16.6. The van der Waals surface area contributed by atoms with Crippen molar-refractivity contribution >= 4 is 11.8 Å². The average molecular weight is 561 g/mol. The van der Waals surface area contributed by atoms with Crippen LogP contribution in [0.25, 0.3) is 0 Å². The van der Waals surface area contributed by atoms with Gasteiger partial charge in [0, 0.05) is 12.8 Å². The molecule has 1 aromatic rings. The summed E-state index contributed by atoms with van der Waals surface area (Å²) in [5.41, 5.74) is 2.77. The minimum absolute atomic E-state index is 0.0524. The minimum Gasteiger partial charge on any atom is -0.458 e. The first-order valence-electron chi connectivity index (χ1n) is 17.0. The van der Waals surface area contributed by atoms with Crippen LogP contribution in [0.1, 0.15) is 129 Å². The van der Waals surface area contributed by atoms with Gasteiger partial charge in [-0.2, -0.15) is 0 Å². The van der Waals surface area contributed by atoms with Crippen LogP contribution < -0.4 is 0 Å². The van der Waals surface area contributed by atoms with Crippen molar-refractivity contribution in [2.75, 3.05) is 0 Å². The molecule has 4 aliphatic carbocycles. The first-order valence-corrected chi connectivity index (χ1v) is 17.0. The zero-order valence-electron chi connectivity index (χ0n) is 26.8. The van der Waals surface area contributed by atoms with E-state index in [1.165, 1.54) is 50.5 Å². The molecule has 3 fully saturated rings. The van der Waals surface area contributed by atoms with Crippen LogP contribution in [0.5, 0.6) is 0 Å². The van der Waals surface area contributed by atoms with E-state index in [1.54, 1.807) is 6.92 Å². The Kier molecular flexibility index (Phi) is 9.22. The van der Waals surface area contributed by atoms with Gasteiger partial charge in [-0.25, -0.2) is 4.79 Å². The number of fused-ring (bicyclic) bond motifs is 5. The van der Waals surface area contributed by atoms with Crippen molar-refractivity contribution in [2.45, 2.75) is 125 Å². The SMILES string of the molecule is CC(=O)CCC1C=C2CC(OC(=O)c3ccccc3)CCC2(C)C2CCC3(C)C(C(C)CCCC(C)C)CCC3C12. The molecule has 1 aromatic carbocycles. The lowest BCUT2D eigenvalue weighted by Gasteiger charge is -2.60. The molecule has 0 aliphatic heterocycles. The molecule has 5 rings (SSSR count). The summed E-state index contributed by atoms with van der Waals surface area (Å²) in [5.74, 6) is 5.14. The van der Waals surface area contributed by atoms with Crippen molar-refractivity contribution in [1.29, 1.82) is 0 Å². The van der Waals surface area contributed by atoms with E-state index in [-0.39, 0.29) is 17.5 Å². The van der Waals surface area contributed by atoms with Crippen molar-refractivity contribution in [3.8, 4) is 0 Å². The molecule has 226 valence electrons. The van der Waals surface area contributed by atoms with Crippen LogP contribution in [0.4, 0.5) is 0 Å². The first-order chi connectivity index (χ1) is 19.5. The van der Waals surface area contributed by atoms with Gasteiger partial charge in [-0.1, -0.05) is 83.7 Å². The maximum atomic E-state index is 12.9. The van der Waals surface area contributed by atoms with Gasteiger partial charge in [0.1, 0.15) is 11.9 Å². The summed E-state index contributed by atoms with van der Waals surface area (Å²) in [6, 6.07) is 9.42. The molecule has 0 amide bonds. The maximum absolute atomic E-state index is 12.9. The Bertz CT molecular complexity index is 1100. The molecule has 3 nitrogen and oxygen atoms in total. The van der Waals surface area contributed by atoms with Crippen LogP contribution >= 0.6 is 0 Å². The molecule has 0 aromatic heterocycles. The van der Waals surface area contributed by atoms with E-state index >= 15 is 0 Å². The molecule has 3 saturated carbocycles. The Balaban J connectivity index is 1.37. The van der Waals surface area contributed by atoms with Crippen molar-refractivity contribution in [3.05, 3.63) is 47.5 Å². The number of ether oxygens (including phenoxy) is 1. The van der Waals surface area contributed by atoms with Gasteiger partial charge in [0.2, 0.25) is 0 Å². The predicted molar refractivity (Wildman–Crippen MR) is 167 cm³/mol. The monoisotopic (exact) mass is 560 g/mol. The number of benzene rings is 1. The largest absolute Gasteiger partial charge is 0.458 e. The van der Waals surface area contributed by atoms with Gasteiger partial charge in [-0.05, 0) is 116 Å². The smallest absolute Gasteiger partial charge is 0.338 e. The molecule has 0 heterocycles. The van der Waals surface area contributed by atoms with Gasteiger partial charge in [0.25, 0.3) is 0 Å². The van der Waals surface area contributed by atoms with E-state index < -0.39 is 0 Å². The van der Waals surface area contributed by atoms with E-state index in [0.29, 0.717) is 40.9 Å². The maximum Gasteiger partial charge on any atom is 0.338 e. The van der Waals surface area contributed by atoms with Gasteiger partial charge in [-0.3, -0.25) is 0 Å². The molecule has 9 atom stereocenters. The van der Waals surface area contributed by atoms with Gasteiger partial charge < -0.3 is 9.53 Å². The zero-order chi connectivity index (χ0) is 29.4. The lowest BCUT2D eigenvalue weighted by Crippen LogP contribution is -2.53. The lowest BCUT2D eigenvalue weighted by molar-refractivity contribution is -0.118. The molecule has 41 heavy (non-hydrogen) atoms. The van der Waals surface area contributed by atoms with Crippen LogP contribution in [0, 0.1) is 52.3 Å². The van der Waals surface area contributed by atoms with Crippen molar-refractivity contribution in [2.24, 2.45) is 52.3 Å². The van der Waals surface area contributed by atoms with Crippen LogP contribution in [-0.4, -0.2) is 17.9 Å². The number of esters is 1. The summed E-state index contributed by atoms with van der Waals surface area (Å²) < 4.78 is 6.08. The number of ketones is 1. The van der Waals surface area contributed by atoms with E-state index in [4.69, 9.17) is 4.74 Å². The van der Waals surface area contributed by atoms with E-state index in [0.717, 1.165) is 49.4 Å². The average Bonchev–Trinajstić information content (AvgIpc) is 3.29. The highest BCUT2D eigenvalue weighted by molar-refractivity contribution is 5.89. The minimum atomic E-state index is -0.199. The number of carbonyl (C=O) groups is 2. The number of rotatable bonds is 10. The Labute approximate surface area is 250 Å². The van der Waals surface area contributed by atoms with Gasteiger partial charge >= 0.3 is 5.97 Å². The molecule has 0 bridgehead atoms. The fourth-order valence-corrected chi connectivity index (χ4v) is 10.4. The van der Waals surface area contributed by atoms with Gasteiger partial charge in [0.05, 0.1) is 5.56 Å². The van der Waals surface area contributed by atoms with Gasteiger partial charge in [-0.15, -0.1) is 0 Å². The third kappa shape index (κ3) is 6.12. The van der Waals surface area contributed by atoms with E-state index in [2.05, 4.69) is 40.7 Å². The van der Waals surface area contributed by atoms with Crippen molar-refractivity contribution in [3.63, 3.8) is 0 Å². The Morgan fingerprint density at radius 2 is 1.71 bits per heavy atom. The molecule has 0 saturated heterocycles. The van der Waals surface area contributed by atoms with E-state index in [9.17, 15) is 9.59 Å². The summed E-state index contributed by atoms with van der Waals surface area (Å²) in [4.78, 5) is 25.1. The second-order valence-corrected chi connectivity index (χ2v) is 15.5. The van der Waals surface area contributed by atoms with Crippen LogP contribution in [0.3, 0.4) is 0 Å². The molecule has 0 N–H and O–H groups in total. The summed E-state index contributed by atoms with van der Waals surface area (Å²) in [5, 5.41) is 0. The lowest BCUT2D eigenvalue weighted by atomic mass is 9.44. The molecule has 4 aliphatic rings. The van der Waals surface area contributed by atoms with Crippen LogP contribution in [0.15, 0.2) is 42.0 Å². The quantitative estimate of drug-likeness (QED) is 0.211. The van der Waals surface area contributed by atoms with Crippen molar-refractivity contribution in [1.82, 2.24) is 0 Å². The molecular formula is C38H56O3. The standard InChI is InChI=1S/C38H56O3/c1-25(2)11-10-12-26(3)32-17-18-33-35-29(16-15-27(4)39)23-30-24-31(41-36(40)28-13-8-7-9-14-28)19-21-37(30,5)34(35)20-22-38(32,33)6/h7-9,13-14,23,25-26,29,31-35H,10-12,15-22,24H2,1-6H3. The highest BCUT2D eigenvalue weighted by Gasteiger charge is 2.61. The fourth-order valence-electron chi connectivity index (χ4n) is 10.4. The molecule has 9 unspecified atom stereocenters. The first kappa shape index (κ1) is 30.6. The highest BCUT2D eigenvalue weighted by atomic mass is 16.5. The van der Waals surface area contributed by atoms with Crippen LogP contribution in [-0.2, 0) is 9.53 Å². The number of Topliss-reactive ketones (excluding diaryl/α,β-unsaturated/α-hetero) is 1. The number of hydrogen-bond donors (Lipinski definition) is 0. The molecule has 0 spiro atoms. The molecule has 0 radical (unpaired) electrons. The van der Waals surface area contributed by atoms with E-state index in [1.807, 2.05) is 30.3 Å². The number of hydrogen-bond acceptors (Lipinski definition) is 3. The summed E-state index contributed by atoms with van der Waals surface area (Å²) in [6.45, 7) is 14.2. The third-order valence-electron chi connectivity index (χ3n) is 12.5. The fraction of sp³-hybridized carbons (Fsp3) is 0.737. The van der Waals surface area contributed by atoms with Crippen molar-refractivity contribution < 1.29 is 14.3 Å². The normalized spacial score (nSPS) is 37.0. The topological polar surface area (TPSA) is 43.4 Å². The second-order valence-electron chi connectivity index (χ2n) is 15.5. The number of allylic oxidation sites excluding steroid dienone is 1. The molecule has 3 heteroatoms. The predicted octanol–water partition coefficient (Wildman–Crippen LogP) is 9.85. The second kappa shape index (κ2) is 12.4. The molecular weight excluding hydrogens is 504 g/mol. The summed E-state index contributed by atoms with van der Waals surface area (Å²) in [7, 11) is 0. The Morgan fingerprint density at radius 1 is 0.951 bits per heavy atom.